The third-order valence-electron chi connectivity index (χ3n) is 4.78. The highest BCUT2D eigenvalue weighted by molar-refractivity contribution is 5.38. The predicted octanol–water partition coefficient (Wildman–Crippen LogP) is 1.91. The van der Waals surface area contributed by atoms with Gasteiger partial charge in [-0.25, -0.2) is 0 Å². The predicted molar refractivity (Wildman–Crippen MR) is 79.6 cm³/mol. The number of nitrogens with one attached hydrogen (secondary N) is 1. The Balaban J connectivity index is 2.26. The van der Waals surface area contributed by atoms with Gasteiger partial charge in [0.1, 0.15) is 12.1 Å². The summed E-state index contributed by atoms with van der Waals surface area (Å²) in [5.74, 6) is 0. The fourth-order valence-electron chi connectivity index (χ4n) is 3.47. The molecule has 0 amide bonds. The summed E-state index contributed by atoms with van der Waals surface area (Å²) in [7, 11) is 0. The van der Waals surface area contributed by atoms with Crippen molar-refractivity contribution in [2.45, 2.75) is 58.6 Å². The monoisotopic (exact) mass is 262 g/mol. The van der Waals surface area contributed by atoms with Gasteiger partial charge in [0, 0.05) is 0 Å². The molecule has 2 N–H and O–H groups in total. The molecule has 19 heavy (non-hydrogen) atoms. The summed E-state index contributed by atoms with van der Waals surface area (Å²) in [5, 5.41) is 10.8. The Hall–Kier alpha value is -0.860. The lowest BCUT2D eigenvalue weighted by Crippen LogP contribution is -3.15. The molecule has 0 aliphatic heterocycles. The Labute approximate surface area is 117 Å². The van der Waals surface area contributed by atoms with Crippen molar-refractivity contribution in [3.63, 3.8) is 0 Å². The molecule has 106 valence electrons. The second kappa shape index (κ2) is 6.53. The molecule has 1 aromatic carbocycles. The average molecular weight is 262 g/mol. The standard InChI is InChI=1S/C17H27NO/c1-4-18(5-2)13(3)17(19)16-12-8-10-14-9-6-7-11-15(14)16/h8,10,12-13,17,19H,4-7,9,11H2,1-3H3/p+1. The number of benzene rings is 1. The molecule has 2 heteroatoms. The minimum absolute atomic E-state index is 0.267. The lowest BCUT2D eigenvalue weighted by molar-refractivity contribution is -0.924. The van der Waals surface area contributed by atoms with Crippen LogP contribution in [0.4, 0.5) is 0 Å². The second-order valence-electron chi connectivity index (χ2n) is 5.79. The van der Waals surface area contributed by atoms with Gasteiger partial charge in [0.05, 0.1) is 13.1 Å². The van der Waals surface area contributed by atoms with Crippen molar-refractivity contribution in [1.29, 1.82) is 0 Å². The second-order valence-corrected chi connectivity index (χ2v) is 5.79. The van der Waals surface area contributed by atoms with E-state index in [2.05, 4.69) is 39.0 Å². The number of rotatable bonds is 5. The number of likely N-dealkylation sites (N-methyl/N-ethyl adjacent to an activating group) is 1. The zero-order chi connectivity index (χ0) is 13.8. The van der Waals surface area contributed by atoms with Crippen LogP contribution >= 0.6 is 0 Å². The number of aryl methyl sites for hydroxylation is 1. The maximum atomic E-state index is 10.8. The van der Waals surface area contributed by atoms with Crippen molar-refractivity contribution < 1.29 is 10.0 Å². The number of aliphatic hydroxyl groups is 1. The van der Waals surface area contributed by atoms with Crippen molar-refractivity contribution in [3.8, 4) is 0 Å². The van der Waals surface area contributed by atoms with E-state index >= 15 is 0 Å². The highest BCUT2D eigenvalue weighted by Gasteiger charge is 2.27. The van der Waals surface area contributed by atoms with Crippen LogP contribution in [-0.2, 0) is 12.8 Å². The molecule has 0 aromatic heterocycles. The first kappa shape index (κ1) is 14.5. The fraction of sp³-hybridized carbons (Fsp3) is 0.647. The van der Waals surface area contributed by atoms with Crippen LogP contribution in [-0.4, -0.2) is 24.2 Å². The minimum Gasteiger partial charge on any atom is -0.382 e. The molecule has 2 atom stereocenters. The third kappa shape index (κ3) is 3.01. The van der Waals surface area contributed by atoms with Crippen molar-refractivity contribution in [3.05, 3.63) is 34.9 Å². The molecule has 2 unspecified atom stereocenters. The molecular formula is C17H28NO+. The van der Waals surface area contributed by atoms with Crippen molar-refractivity contribution >= 4 is 0 Å². The van der Waals surface area contributed by atoms with E-state index in [0.717, 1.165) is 19.5 Å². The molecule has 0 bridgehead atoms. The molecule has 0 spiro atoms. The SMILES string of the molecule is CC[NH+](CC)C(C)C(O)c1cccc2c1CCCC2. The Bertz CT molecular complexity index is 412. The van der Waals surface area contributed by atoms with Crippen molar-refractivity contribution in [2.75, 3.05) is 13.1 Å². The molecule has 0 radical (unpaired) electrons. The lowest BCUT2D eigenvalue weighted by atomic mass is 9.85. The topological polar surface area (TPSA) is 24.7 Å². The van der Waals surface area contributed by atoms with E-state index in [1.807, 2.05) is 0 Å². The van der Waals surface area contributed by atoms with Crippen LogP contribution in [0.1, 0.15) is 56.4 Å². The van der Waals surface area contributed by atoms with Crippen LogP contribution in [0.5, 0.6) is 0 Å². The maximum absolute atomic E-state index is 10.8. The van der Waals surface area contributed by atoms with E-state index in [1.54, 1.807) is 0 Å². The van der Waals surface area contributed by atoms with Gasteiger partial charge in [-0.2, -0.15) is 0 Å². The van der Waals surface area contributed by atoms with Crippen molar-refractivity contribution in [1.82, 2.24) is 0 Å². The smallest absolute Gasteiger partial charge is 0.131 e. The highest BCUT2D eigenvalue weighted by atomic mass is 16.3. The van der Waals surface area contributed by atoms with Gasteiger partial charge in [-0.3, -0.25) is 0 Å². The summed E-state index contributed by atoms with van der Waals surface area (Å²) in [5.41, 5.74) is 4.08. The van der Waals surface area contributed by atoms with Crippen LogP contribution in [0.2, 0.25) is 0 Å². The summed E-state index contributed by atoms with van der Waals surface area (Å²) in [4.78, 5) is 1.47. The number of hydrogen-bond donors (Lipinski definition) is 2. The molecule has 1 aliphatic rings. The summed E-state index contributed by atoms with van der Waals surface area (Å²) < 4.78 is 0. The number of hydrogen-bond acceptors (Lipinski definition) is 1. The minimum atomic E-state index is -0.331. The fourth-order valence-corrected chi connectivity index (χ4v) is 3.47. The zero-order valence-electron chi connectivity index (χ0n) is 12.6. The van der Waals surface area contributed by atoms with Crippen LogP contribution in [0.3, 0.4) is 0 Å². The molecule has 1 aromatic rings. The first-order valence-corrected chi connectivity index (χ1v) is 7.82. The molecule has 2 nitrogen and oxygen atoms in total. The van der Waals surface area contributed by atoms with Gasteiger partial charge in [0.2, 0.25) is 0 Å². The van der Waals surface area contributed by atoms with Crippen LogP contribution in [0, 0.1) is 0 Å². The molecular weight excluding hydrogens is 234 g/mol. The first-order valence-electron chi connectivity index (χ1n) is 7.82. The van der Waals surface area contributed by atoms with E-state index in [-0.39, 0.29) is 12.1 Å². The maximum Gasteiger partial charge on any atom is 0.131 e. The molecule has 0 saturated carbocycles. The van der Waals surface area contributed by atoms with E-state index in [1.165, 1.54) is 40.9 Å². The van der Waals surface area contributed by atoms with Crippen LogP contribution in [0.25, 0.3) is 0 Å². The largest absolute Gasteiger partial charge is 0.382 e. The molecule has 0 fully saturated rings. The highest BCUT2D eigenvalue weighted by Crippen LogP contribution is 2.29. The summed E-state index contributed by atoms with van der Waals surface area (Å²) >= 11 is 0. The van der Waals surface area contributed by atoms with Gasteiger partial charge in [0.15, 0.2) is 0 Å². The quantitative estimate of drug-likeness (QED) is 0.832. The number of fused-ring (bicyclic) bond motifs is 1. The Kier molecular flexibility index (Phi) is 5.00. The van der Waals surface area contributed by atoms with Gasteiger partial charge in [0.25, 0.3) is 0 Å². The summed E-state index contributed by atoms with van der Waals surface area (Å²) in [6, 6.07) is 6.75. The molecule has 0 heterocycles. The van der Waals surface area contributed by atoms with E-state index < -0.39 is 0 Å². The van der Waals surface area contributed by atoms with E-state index in [4.69, 9.17) is 0 Å². The van der Waals surface area contributed by atoms with E-state index in [0.29, 0.717) is 0 Å². The normalized spacial score (nSPS) is 18.2. The van der Waals surface area contributed by atoms with E-state index in [9.17, 15) is 5.11 Å². The van der Waals surface area contributed by atoms with Gasteiger partial charge >= 0.3 is 0 Å². The average Bonchev–Trinajstić information content (AvgIpc) is 2.47. The summed E-state index contributed by atoms with van der Waals surface area (Å²) in [6.07, 6.45) is 4.56. The molecule has 2 rings (SSSR count). The third-order valence-corrected chi connectivity index (χ3v) is 4.78. The van der Waals surface area contributed by atoms with Crippen LogP contribution < -0.4 is 4.90 Å². The zero-order valence-corrected chi connectivity index (χ0v) is 12.6. The van der Waals surface area contributed by atoms with Gasteiger partial charge in [-0.15, -0.1) is 0 Å². The number of aliphatic hydroxyl groups excluding tert-OH is 1. The molecule has 1 aliphatic carbocycles. The summed E-state index contributed by atoms with van der Waals surface area (Å²) in [6.45, 7) is 8.72. The number of quaternary nitrogens is 1. The molecule has 0 saturated heterocycles. The van der Waals surface area contributed by atoms with Gasteiger partial charge < -0.3 is 10.0 Å². The van der Waals surface area contributed by atoms with Crippen LogP contribution in [0.15, 0.2) is 18.2 Å². The van der Waals surface area contributed by atoms with Gasteiger partial charge in [-0.05, 0) is 63.1 Å². The van der Waals surface area contributed by atoms with Gasteiger partial charge in [-0.1, -0.05) is 18.2 Å². The Morgan fingerprint density at radius 3 is 2.53 bits per heavy atom. The first-order chi connectivity index (χ1) is 9.19. The van der Waals surface area contributed by atoms with Crippen molar-refractivity contribution in [2.24, 2.45) is 0 Å². The Morgan fingerprint density at radius 2 is 1.84 bits per heavy atom. The Morgan fingerprint density at radius 1 is 1.16 bits per heavy atom. The lowest BCUT2D eigenvalue weighted by Gasteiger charge is -2.30.